The number of hydrogen-bond acceptors (Lipinski definition) is 5. The summed E-state index contributed by atoms with van der Waals surface area (Å²) in [6, 6.07) is 17.4. The van der Waals surface area contributed by atoms with Crippen LogP contribution in [0.5, 0.6) is 34.5 Å². The summed E-state index contributed by atoms with van der Waals surface area (Å²) in [5, 5.41) is 0. The molecule has 0 atom stereocenters. The van der Waals surface area contributed by atoms with Crippen LogP contribution in [-0.2, 0) is 0 Å². The standard InChI is InChI=1S/C20H15NO4/c1-22-12-6-8-14-18(10-12)24-16-4-3-5-17-20(16)21(14)15-9-7-13(23-2)11-19(15)25-17/h3-11H,1-2H3. The quantitative estimate of drug-likeness (QED) is 0.433. The third kappa shape index (κ3) is 1.96. The van der Waals surface area contributed by atoms with Crippen molar-refractivity contribution >= 4 is 17.1 Å². The summed E-state index contributed by atoms with van der Waals surface area (Å²) in [6.45, 7) is 0. The molecule has 2 aliphatic heterocycles. The maximum Gasteiger partial charge on any atom is 0.155 e. The van der Waals surface area contributed by atoms with E-state index in [2.05, 4.69) is 4.90 Å². The van der Waals surface area contributed by atoms with Crippen molar-refractivity contribution in [1.29, 1.82) is 0 Å². The number of ether oxygens (including phenoxy) is 4. The van der Waals surface area contributed by atoms with Crippen LogP contribution in [0.3, 0.4) is 0 Å². The molecular formula is C20H15NO4. The maximum atomic E-state index is 6.10. The summed E-state index contributed by atoms with van der Waals surface area (Å²) in [5.41, 5.74) is 2.78. The molecule has 0 radical (unpaired) electrons. The van der Waals surface area contributed by atoms with E-state index in [1.54, 1.807) is 14.2 Å². The number of nitrogens with zero attached hydrogens (tertiary/aromatic N) is 1. The third-order valence-electron chi connectivity index (χ3n) is 4.44. The Balaban J connectivity index is 1.77. The fourth-order valence-electron chi connectivity index (χ4n) is 3.27. The molecule has 0 saturated heterocycles. The predicted octanol–water partition coefficient (Wildman–Crippen LogP) is 5.39. The summed E-state index contributed by atoms with van der Waals surface area (Å²) in [5.74, 6) is 4.49. The highest BCUT2D eigenvalue weighted by molar-refractivity contribution is 5.93. The van der Waals surface area contributed by atoms with E-state index in [9.17, 15) is 0 Å². The van der Waals surface area contributed by atoms with Crippen molar-refractivity contribution in [1.82, 2.24) is 0 Å². The Kier molecular flexibility index (Phi) is 2.85. The Morgan fingerprint density at radius 2 is 1.20 bits per heavy atom. The molecule has 2 heterocycles. The molecule has 2 aliphatic rings. The molecule has 0 saturated carbocycles. The number of hydrogen-bond donors (Lipinski definition) is 0. The zero-order valence-electron chi connectivity index (χ0n) is 13.8. The Morgan fingerprint density at radius 1 is 0.680 bits per heavy atom. The molecule has 0 fully saturated rings. The van der Waals surface area contributed by atoms with Gasteiger partial charge in [0.05, 0.1) is 25.6 Å². The second kappa shape index (κ2) is 5.08. The zero-order valence-corrected chi connectivity index (χ0v) is 13.8. The molecule has 3 aromatic carbocycles. The number of para-hydroxylation sites is 1. The molecule has 25 heavy (non-hydrogen) atoms. The Morgan fingerprint density at radius 3 is 1.68 bits per heavy atom. The molecule has 3 aromatic rings. The summed E-state index contributed by atoms with van der Waals surface area (Å²) in [4.78, 5) is 2.15. The summed E-state index contributed by atoms with van der Waals surface area (Å²) < 4.78 is 22.9. The van der Waals surface area contributed by atoms with Crippen LogP contribution in [0.2, 0.25) is 0 Å². The van der Waals surface area contributed by atoms with Crippen molar-refractivity contribution in [3.8, 4) is 34.5 Å². The maximum absolute atomic E-state index is 6.10. The van der Waals surface area contributed by atoms with Gasteiger partial charge < -0.3 is 18.9 Å². The first-order valence-corrected chi connectivity index (χ1v) is 7.93. The highest BCUT2D eigenvalue weighted by Crippen LogP contribution is 2.60. The number of anilines is 3. The molecule has 0 aliphatic carbocycles. The molecular weight excluding hydrogens is 318 g/mol. The van der Waals surface area contributed by atoms with Crippen molar-refractivity contribution in [2.24, 2.45) is 0 Å². The average Bonchev–Trinajstić information content (AvgIpc) is 2.66. The zero-order chi connectivity index (χ0) is 17.0. The minimum absolute atomic E-state index is 0.743. The van der Waals surface area contributed by atoms with Gasteiger partial charge >= 0.3 is 0 Å². The monoisotopic (exact) mass is 333 g/mol. The smallest absolute Gasteiger partial charge is 0.155 e. The van der Waals surface area contributed by atoms with Gasteiger partial charge in [0.1, 0.15) is 17.2 Å². The fourth-order valence-corrected chi connectivity index (χ4v) is 3.27. The fraction of sp³-hybridized carbons (Fsp3) is 0.100. The Hall–Kier alpha value is -3.34. The number of benzene rings is 3. The average molecular weight is 333 g/mol. The first-order chi connectivity index (χ1) is 12.3. The normalized spacial score (nSPS) is 13.0. The Bertz CT molecular complexity index is 923. The van der Waals surface area contributed by atoms with Gasteiger partial charge in [-0.3, -0.25) is 4.90 Å². The van der Waals surface area contributed by atoms with Crippen LogP contribution in [0.1, 0.15) is 0 Å². The lowest BCUT2D eigenvalue weighted by Crippen LogP contribution is -2.20. The predicted molar refractivity (Wildman–Crippen MR) is 94.4 cm³/mol. The molecule has 124 valence electrons. The van der Waals surface area contributed by atoms with E-state index in [1.165, 1.54) is 0 Å². The SMILES string of the molecule is COc1ccc2c(c1)Oc1cccc3c1N2c1ccc(OC)cc1O3. The van der Waals surface area contributed by atoms with Crippen LogP contribution in [0.15, 0.2) is 54.6 Å². The highest BCUT2D eigenvalue weighted by atomic mass is 16.5. The number of methoxy groups -OCH3 is 2. The molecule has 5 nitrogen and oxygen atoms in total. The first-order valence-electron chi connectivity index (χ1n) is 7.93. The van der Waals surface area contributed by atoms with Crippen LogP contribution in [-0.4, -0.2) is 14.2 Å². The van der Waals surface area contributed by atoms with E-state index in [4.69, 9.17) is 18.9 Å². The highest BCUT2D eigenvalue weighted by Gasteiger charge is 2.34. The van der Waals surface area contributed by atoms with Gasteiger partial charge in [0.2, 0.25) is 0 Å². The van der Waals surface area contributed by atoms with Crippen LogP contribution >= 0.6 is 0 Å². The lowest BCUT2D eigenvalue weighted by Gasteiger charge is -2.37. The minimum Gasteiger partial charge on any atom is -0.497 e. The van der Waals surface area contributed by atoms with E-state index in [0.29, 0.717) is 0 Å². The Labute approximate surface area is 144 Å². The minimum atomic E-state index is 0.743. The number of fused-ring (bicyclic) bond motifs is 4. The molecule has 5 rings (SSSR count). The van der Waals surface area contributed by atoms with Crippen molar-refractivity contribution in [2.45, 2.75) is 0 Å². The van der Waals surface area contributed by atoms with Crippen molar-refractivity contribution < 1.29 is 18.9 Å². The molecule has 0 bridgehead atoms. The van der Waals surface area contributed by atoms with Gasteiger partial charge in [0, 0.05) is 12.1 Å². The molecule has 0 N–H and O–H groups in total. The van der Waals surface area contributed by atoms with Gasteiger partial charge in [-0.1, -0.05) is 6.07 Å². The molecule has 0 unspecified atom stereocenters. The number of rotatable bonds is 2. The summed E-state index contributed by atoms with van der Waals surface area (Å²) in [7, 11) is 3.29. The summed E-state index contributed by atoms with van der Waals surface area (Å²) >= 11 is 0. The third-order valence-corrected chi connectivity index (χ3v) is 4.44. The van der Waals surface area contributed by atoms with E-state index >= 15 is 0 Å². The second-order valence-corrected chi connectivity index (χ2v) is 5.81. The topological polar surface area (TPSA) is 40.2 Å². The lowest BCUT2D eigenvalue weighted by molar-refractivity contribution is 0.404. The molecule has 0 aromatic heterocycles. The van der Waals surface area contributed by atoms with E-state index in [-0.39, 0.29) is 0 Å². The lowest BCUT2D eigenvalue weighted by atomic mass is 10.1. The molecule has 5 heteroatoms. The largest absolute Gasteiger partial charge is 0.497 e. The van der Waals surface area contributed by atoms with Gasteiger partial charge in [-0.05, 0) is 36.4 Å². The van der Waals surface area contributed by atoms with Crippen LogP contribution < -0.4 is 23.8 Å². The van der Waals surface area contributed by atoms with E-state index < -0.39 is 0 Å². The van der Waals surface area contributed by atoms with E-state index in [1.807, 2.05) is 54.6 Å². The van der Waals surface area contributed by atoms with E-state index in [0.717, 1.165) is 51.6 Å². The van der Waals surface area contributed by atoms with Crippen LogP contribution in [0.4, 0.5) is 17.1 Å². The van der Waals surface area contributed by atoms with Gasteiger partial charge in [-0.25, -0.2) is 0 Å². The van der Waals surface area contributed by atoms with Crippen LogP contribution in [0, 0.1) is 0 Å². The van der Waals surface area contributed by atoms with Gasteiger partial charge in [0.15, 0.2) is 23.0 Å². The van der Waals surface area contributed by atoms with Crippen molar-refractivity contribution in [3.63, 3.8) is 0 Å². The summed E-state index contributed by atoms with van der Waals surface area (Å²) in [6.07, 6.45) is 0. The molecule has 0 spiro atoms. The second-order valence-electron chi connectivity index (χ2n) is 5.81. The first kappa shape index (κ1) is 14.0. The van der Waals surface area contributed by atoms with Gasteiger partial charge in [-0.2, -0.15) is 0 Å². The van der Waals surface area contributed by atoms with Crippen molar-refractivity contribution in [3.05, 3.63) is 54.6 Å². The van der Waals surface area contributed by atoms with Gasteiger partial charge in [0.25, 0.3) is 0 Å². The van der Waals surface area contributed by atoms with Crippen LogP contribution in [0.25, 0.3) is 0 Å². The van der Waals surface area contributed by atoms with Crippen molar-refractivity contribution in [2.75, 3.05) is 19.1 Å². The van der Waals surface area contributed by atoms with Gasteiger partial charge in [-0.15, -0.1) is 0 Å². The molecule has 0 amide bonds.